The molecule has 0 aliphatic rings. The maximum absolute atomic E-state index is 13.6. The van der Waals surface area contributed by atoms with Gasteiger partial charge in [0.1, 0.15) is 12.6 Å². The Hall–Kier alpha value is -2.87. The molecule has 1 atom stereocenters. The van der Waals surface area contributed by atoms with Crippen LogP contribution in [0.15, 0.2) is 48.5 Å². The Morgan fingerprint density at radius 1 is 1.03 bits per heavy atom. The quantitative estimate of drug-likeness (QED) is 0.524. The first-order valence-corrected chi connectivity index (χ1v) is 13.4. The van der Waals surface area contributed by atoms with Gasteiger partial charge in [0, 0.05) is 13.1 Å². The highest BCUT2D eigenvalue weighted by Gasteiger charge is 2.32. The second kappa shape index (κ2) is 12.0. The topological polar surface area (TPSA) is 86.8 Å². The molecule has 0 saturated carbocycles. The molecule has 1 unspecified atom stereocenters. The molecule has 7 nitrogen and oxygen atoms in total. The largest absolute Gasteiger partial charge is 0.354 e. The lowest BCUT2D eigenvalue weighted by Crippen LogP contribution is -2.52. The molecule has 8 heteroatoms. The van der Waals surface area contributed by atoms with Crippen molar-refractivity contribution >= 4 is 27.5 Å². The molecule has 1 N–H and O–H groups in total. The van der Waals surface area contributed by atoms with Crippen molar-refractivity contribution in [1.82, 2.24) is 10.2 Å². The summed E-state index contributed by atoms with van der Waals surface area (Å²) in [7, 11) is -3.74. The van der Waals surface area contributed by atoms with Gasteiger partial charge in [-0.1, -0.05) is 68.8 Å². The minimum absolute atomic E-state index is 0.206. The predicted octanol–water partition coefficient (Wildman–Crippen LogP) is 3.65. The van der Waals surface area contributed by atoms with Crippen molar-refractivity contribution in [2.75, 3.05) is 23.7 Å². The summed E-state index contributed by atoms with van der Waals surface area (Å²) in [6.07, 6.45) is 1.50. The average Bonchev–Trinajstić information content (AvgIpc) is 2.76. The molecule has 0 heterocycles. The zero-order valence-electron chi connectivity index (χ0n) is 21.0. The Balaban J connectivity index is 2.42. The van der Waals surface area contributed by atoms with Gasteiger partial charge in [-0.3, -0.25) is 13.9 Å². The summed E-state index contributed by atoms with van der Waals surface area (Å²) in [5.41, 5.74) is 3.08. The van der Waals surface area contributed by atoms with Crippen LogP contribution in [0, 0.1) is 19.8 Å². The fourth-order valence-electron chi connectivity index (χ4n) is 3.80. The number of rotatable bonds is 11. The summed E-state index contributed by atoms with van der Waals surface area (Å²) in [6, 6.07) is 14.1. The number of amides is 2. The highest BCUT2D eigenvalue weighted by Crippen LogP contribution is 2.24. The monoisotopic (exact) mass is 487 g/mol. The van der Waals surface area contributed by atoms with Crippen LogP contribution in [0.2, 0.25) is 0 Å². The van der Waals surface area contributed by atoms with E-state index in [4.69, 9.17) is 0 Å². The number of nitrogens with zero attached hydrogens (tertiary/aromatic N) is 2. The Morgan fingerprint density at radius 3 is 2.21 bits per heavy atom. The van der Waals surface area contributed by atoms with Crippen LogP contribution in [0.25, 0.3) is 0 Å². The van der Waals surface area contributed by atoms with E-state index in [-0.39, 0.29) is 24.9 Å². The third kappa shape index (κ3) is 7.58. The standard InChI is InChI=1S/C26H37N3O4S/c1-7-23(26(31)27-16-19(2)3)28(17-22-11-9-8-10-12-22)25(30)18-29(34(6,32)33)24-14-13-20(4)15-21(24)5/h8-15,19,23H,7,16-18H2,1-6H3,(H,27,31). The van der Waals surface area contributed by atoms with Crippen LogP contribution in [-0.2, 0) is 26.2 Å². The van der Waals surface area contributed by atoms with Crippen LogP contribution in [0.5, 0.6) is 0 Å². The van der Waals surface area contributed by atoms with E-state index in [0.29, 0.717) is 18.7 Å². The SMILES string of the molecule is CCC(C(=O)NCC(C)C)N(Cc1ccccc1)C(=O)CN(c1ccc(C)cc1C)S(C)(=O)=O. The maximum atomic E-state index is 13.6. The molecule has 2 rings (SSSR count). The summed E-state index contributed by atoms with van der Waals surface area (Å²) >= 11 is 0. The minimum atomic E-state index is -3.74. The molecule has 0 aliphatic carbocycles. The van der Waals surface area contributed by atoms with Crippen LogP contribution < -0.4 is 9.62 Å². The van der Waals surface area contributed by atoms with E-state index in [1.54, 1.807) is 6.07 Å². The van der Waals surface area contributed by atoms with Crippen LogP contribution >= 0.6 is 0 Å². The molecule has 34 heavy (non-hydrogen) atoms. The zero-order chi connectivity index (χ0) is 25.5. The first-order chi connectivity index (χ1) is 15.9. The molecule has 2 aromatic carbocycles. The van der Waals surface area contributed by atoms with Crippen LogP contribution in [0.3, 0.4) is 0 Å². The summed E-state index contributed by atoms with van der Waals surface area (Å²) in [4.78, 5) is 28.2. The molecular weight excluding hydrogens is 450 g/mol. The summed E-state index contributed by atoms with van der Waals surface area (Å²) < 4.78 is 26.5. The number of benzene rings is 2. The molecule has 0 saturated heterocycles. The number of carbonyl (C=O) groups excluding carboxylic acids is 2. The molecule has 0 aliphatic heterocycles. The summed E-state index contributed by atoms with van der Waals surface area (Å²) in [6.45, 7) is 9.92. The van der Waals surface area contributed by atoms with Gasteiger partial charge in [0.25, 0.3) is 0 Å². The normalized spacial score (nSPS) is 12.3. The Morgan fingerprint density at radius 2 is 1.68 bits per heavy atom. The van der Waals surface area contributed by atoms with E-state index < -0.39 is 22.0 Å². The molecule has 0 aromatic heterocycles. The van der Waals surface area contributed by atoms with Crippen molar-refractivity contribution in [2.45, 2.75) is 53.6 Å². The van der Waals surface area contributed by atoms with E-state index in [0.717, 1.165) is 27.3 Å². The highest BCUT2D eigenvalue weighted by molar-refractivity contribution is 7.92. The fraction of sp³-hybridized carbons (Fsp3) is 0.462. The Bertz CT molecular complexity index is 1080. The van der Waals surface area contributed by atoms with Crippen LogP contribution in [0.1, 0.15) is 43.9 Å². The first kappa shape index (κ1) is 27.4. The van der Waals surface area contributed by atoms with Crippen molar-refractivity contribution in [3.63, 3.8) is 0 Å². The number of nitrogens with one attached hydrogen (secondary N) is 1. The van der Waals surface area contributed by atoms with Crippen molar-refractivity contribution in [1.29, 1.82) is 0 Å². The second-order valence-electron chi connectivity index (χ2n) is 9.13. The van der Waals surface area contributed by atoms with E-state index in [9.17, 15) is 18.0 Å². The molecular formula is C26H37N3O4S. The molecule has 0 spiro atoms. The molecule has 2 amide bonds. The van der Waals surface area contributed by atoms with E-state index >= 15 is 0 Å². The van der Waals surface area contributed by atoms with Crippen LogP contribution in [-0.4, -0.2) is 50.5 Å². The van der Waals surface area contributed by atoms with Gasteiger partial charge in [0.2, 0.25) is 21.8 Å². The Kier molecular flexibility index (Phi) is 9.67. The van der Waals surface area contributed by atoms with E-state index in [1.165, 1.54) is 4.90 Å². The molecule has 0 fully saturated rings. The van der Waals surface area contributed by atoms with Crippen LogP contribution in [0.4, 0.5) is 5.69 Å². The smallest absolute Gasteiger partial charge is 0.244 e. The van der Waals surface area contributed by atoms with Gasteiger partial charge in [-0.15, -0.1) is 0 Å². The lowest BCUT2D eigenvalue weighted by atomic mass is 10.1. The van der Waals surface area contributed by atoms with Crippen molar-refractivity contribution in [2.24, 2.45) is 5.92 Å². The highest BCUT2D eigenvalue weighted by atomic mass is 32.2. The molecule has 0 bridgehead atoms. The minimum Gasteiger partial charge on any atom is -0.354 e. The third-order valence-corrected chi connectivity index (χ3v) is 6.69. The van der Waals surface area contributed by atoms with Gasteiger partial charge in [-0.25, -0.2) is 8.42 Å². The molecule has 0 radical (unpaired) electrons. The second-order valence-corrected chi connectivity index (χ2v) is 11.0. The lowest BCUT2D eigenvalue weighted by Gasteiger charge is -2.33. The number of sulfonamides is 1. The van der Waals surface area contributed by atoms with Gasteiger partial charge >= 0.3 is 0 Å². The predicted molar refractivity (Wildman–Crippen MR) is 137 cm³/mol. The number of anilines is 1. The lowest BCUT2D eigenvalue weighted by molar-refractivity contribution is -0.140. The van der Waals surface area contributed by atoms with Gasteiger partial charge in [-0.2, -0.15) is 0 Å². The third-order valence-electron chi connectivity index (χ3n) is 5.57. The van der Waals surface area contributed by atoms with E-state index in [1.807, 2.05) is 77.1 Å². The van der Waals surface area contributed by atoms with Gasteiger partial charge in [0.15, 0.2) is 0 Å². The zero-order valence-corrected chi connectivity index (χ0v) is 21.9. The van der Waals surface area contributed by atoms with Gasteiger partial charge in [0.05, 0.1) is 11.9 Å². The van der Waals surface area contributed by atoms with Gasteiger partial charge in [-0.05, 0) is 43.4 Å². The fourth-order valence-corrected chi connectivity index (χ4v) is 4.71. The van der Waals surface area contributed by atoms with E-state index in [2.05, 4.69) is 5.32 Å². The van der Waals surface area contributed by atoms with Crippen molar-refractivity contribution in [3.8, 4) is 0 Å². The number of hydrogen-bond acceptors (Lipinski definition) is 4. The Labute approximate surface area is 204 Å². The summed E-state index contributed by atoms with van der Waals surface area (Å²) in [5, 5.41) is 2.92. The number of carbonyl (C=O) groups is 2. The van der Waals surface area contributed by atoms with Gasteiger partial charge < -0.3 is 10.2 Å². The first-order valence-electron chi connectivity index (χ1n) is 11.6. The number of aryl methyl sites for hydroxylation is 2. The number of hydrogen-bond donors (Lipinski definition) is 1. The maximum Gasteiger partial charge on any atom is 0.244 e. The van der Waals surface area contributed by atoms with Crippen molar-refractivity contribution < 1.29 is 18.0 Å². The molecule has 2 aromatic rings. The van der Waals surface area contributed by atoms with Crippen molar-refractivity contribution in [3.05, 3.63) is 65.2 Å². The molecule has 186 valence electrons. The average molecular weight is 488 g/mol. The summed E-state index contributed by atoms with van der Waals surface area (Å²) in [5.74, 6) is -0.399.